The van der Waals surface area contributed by atoms with Crippen LogP contribution in [0, 0.1) is 5.92 Å². The van der Waals surface area contributed by atoms with Gasteiger partial charge in [-0.2, -0.15) is 0 Å². The summed E-state index contributed by atoms with van der Waals surface area (Å²) < 4.78 is 12.0. The summed E-state index contributed by atoms with van der Waals surface area (Å²) in [5.41, 5.74) is 1.12. The molecule has 3 nitrogen and oxygen atoms in total. The van der Waals surface area contributed by atoms with Gasteiger partial charge in [-0.3, -0.25) is 0 Å². The van der Waals surface area contributed by atoms with Gasteiger partial charge in [0.1, 0.15) is 0 Å². The van der Waals surface area contributed by atoms with Gasteiger partial charge in [-0.15, -0.1) is 0 Å². The van der Waals surface area contributed by atoms with Crippen LogP contribution in [0.25, 0.3) is 0 Å². The molecule has 1 atom stereocenters. The summed E-state index contributed by atoms with van der Waals surface area (Å²) in [6.07, 6.45) is 1.14. The molecule has 0 bridgehead atoms. The maximum absolute atomic E-state index is 5.62. The molecule has 1 aliphatic heterocycles. The second-order valence-electron chi connectivity index (χ2n) is 4.24. The van der Waals surface area contributed by atoms with Crippen LogP contribution in [0.3, 0.4) is 0 Å². The number of nitrogens with one attached hydrogen (secondary N) is 1. The number of ether oxygens (including phenoxy) is 2. The molecule has 0 saturated carbocycles. The fraction of sp³-hybridized carbons (Fsp3) is 0.538. The Balaban J connectivity index is 1.56. The van der Waals surface area contributed by atoms with E-state index in [0.717, 1.165) is 49.6 Å². The van der Waals surface area contributed by atoms with E-state index in [4.69, 9.17) is 9.47 Å². The summed E-state index contributed by atoms with van der Waals surface area (Å²) in [5.74, 6) is 0.598. The topological polar surface area (TPSA) is 30.5 Å². The Labute approximate surface area is 111 Å². The van der Waals surface area contributed by atoms with Crippen LogP contribution in [0.2, 0.25) is 0 Å². The molecule has 0 aliphatic carbocycles. The molecule has 0 spiro atoms. The van der Waals surface area contributed by atoms with E-state index in [0.29, 0.717) is 5.92 Å². The lowest BCUT2D eigenvalue weighted by Gasteiger charge is -2.10. The van der Waals surface area contributed by atoms with Crippen molar-refractivity contribution in [1.82, 2.24) is 0 Å². The van der Waals surface area contributed by atoms with Gasteiger partial charge in [0.2, 0.25) is 0 Å². The van der Waals surface area contributed by atoms with Crippen molar-refractivity contribution < 1.29 is 9.47 Å². The van der Waals surface area contributed by atoms with Crippen LogP contribution < -0.4 is 5.32 Å². The average molecular weight is 300 g/mol. The van der Waals surface area contributed by atoms with Crippen LogP contribution in [0.15, 0.2) is 28.7 Å². The first kappa shape index (κ1) is 12.9. The van der Waals surface area contributed by atoms with Crippen molar-refractivity contribution in [3.05, 3.63) is 28.7 Å². The Morgan fingerprint density at radius 3 is 3.18 bits per heavy atom. The minimum absolute atomic E-state index is 0.598. The van der Waals surface area contributed by atoms with Gasteiger partial charge < -0.3 is 14.8 Å². The maximum atomic E-state index is 5.62. The number of anilines is 1. The van der Waals surface area contributed by atoms with Crippen molar-refractivity contribution in [2.45, 2.75) is 6.42 Å². The molecule has 94 valence electrons. The summed E-state index contributed by atoms with van der Waals surface area (Å²) in [5, 5.41) is 3.32. The van der Waals surface area contributed by atoms with Crippen LogP contribution in [0.5, 0.6) is 0 Å². The highest BCUT2D eigenvalue weighted by atomic mass is 79.9. The first-order valence-corrected chi connectivity index (χ1v) is 6.79. The van der Waals surface area contributed by atoms with E-state index < -0.39 is 0 Å². The summed E-state index contributed by atoms with van der Waals surface area (Å²) in [6.45, 7) is 4.15. The summed E-state index contributed by atoms with van der Waals surface area (Å²) >= 11 is 3.44. The van der Waals surface area contributed by atoms with Crippen molar-refractivity contribution in [2.75, 3.05) is 38.3 Å². The normalized spacial score (nSPS) is 19.5. The lowest BCUT2D eigenvalue weighted by molar-refractivity contribution is 0.0965. The molecule has 1 aromatic rings. The minimum Gasteiger partial charge on any atom is -0.383 e. The monoisotopic (exact) mass is 299 g/mol. The molecule has 1 aromatic carbocycles. The lowest BCUT2D eigenvalue weighted by Crippen LogP contribution is -2.14. The van der Waals surface area contributed by atoms with E-state index >= 15 is 0 Å². The fourth-order valence-corrected chi connectivity index (χ4v) is 2.23. The van der Waals surface area contributed by atoms with E-state index in [2.05, 4.69) is 33.4 Å². The molecule has 2 rings (SSSR count). The van der Waals surface area contributed by atoms with Crippen molar-refractivity contribution >= 4 is 21.6 Å². The minimum atomic E-state index is 0.598. The Kier molecular flexibility index (Phi) is 5.29. The quantitative estimate of drug-likeness (QED) is 0.819. The Morgan fingerprint density at radius 2 is 2.41 bits per heavy atom. The van der Waals surface area contributed by atoms with Gasteiger partial charge in [0.15, 0.2) is 0 Å². The number of halogens is 1. The van der Waals surface area contributed by atoms with Gasteiger partial charge in [0, 0.05) is 29.2 Å². The van der Waals surface area contributed by atoms with Gasteiger partial charge in [-0.1, -0.05) is 22.0 Å². The zero-order chi connectivity index (χ0) is 11.9. The average Bonchev–Trinajstić information content (AvgIpc) is 2.82. The van der Waals surface area contributed by atoms with E-state index in [-0.39, 0.29) is 0 Å². The Bertz CT molecular complexity index is 340. The molecule has 1 fully saturated rings. The molecule has 1 N–H and O–H groups in total. The molecule has 0 amide bonds. The second-order valence-corrected chi connectivity index (χ2v) is 5.16. The van der Waals surface area contributed by atoms with Crippen molar-refractivity contribution in [3.8, 4) is 0 Å². The van der Waals surface area contributed by atoms with Gasteiger partial charge in [-0.05, 0) is 24.6 Å². The molecule has 17 heavy (non-hydrogen) atoms. The highest BCUT2D eigenvalue weighted by molar-refractivity contribution is 9.10. The highest BCUT2D eigenvalue weighted by Crippen LogP contribution is 2.15. The second kappa shape index (κ2) is 6.99. The lowest BCUT2D eigenvalue weighted by atomic mass is 10.1. The largest absolute Gasteiger partial charge is 0.383 e. The Morgan fingerprint density at radius 1 is 1.47 bits per heavy atom. The van der Waals surface area contributed by atoms with Gasteiger partial charge in [-0.25, -0.2) is 0 Å². The summed E-state index contributed by atoms with van der Waals surface area (Å²) in [7, 11) is 0. The zero-order valence-corrected chi connectivity index (χ0v) is 11.4. The third-order valence-corrected chi connectivity index (χ3v) is 3.27. The molecular formula is C13H18BrNO2. The fourth-order valence-electron chi connectivity index (χ4n) is 1.83. The summed E-state index contributed by atoms with van der Waals surface area (Å²) in [4.78, 5) is 0. The predicted octanol–water partition coefficient (Wildman–Crippen LogP) is 2.91. The molecular weight excluding hydrogens is 282 g/mol. The Hall–Kier alpha value is -0.580. The third-order valence-electron chi connectivity index (χ3n) is 2.78. The number of hydrogen-bond acceptors (Lipinski definition) is 3. The van der Waals surface area contributed by atoms with E-state index in [1.165, 1.54) is 0 Å². The van der Waals surface area contributed by atoms with Crippen molar-refractivity contribution in [2.24, 2.45) is 5.92 Å². The predicted molar refractivity (Wildman–Crippen MR) is 72.4 cm³/mol. The maximum Gasteiger partial charge on any atom is 0.0639 e. The molecule has 1 aliphatic rings. The van der Waals surface area contributed by atoms with Crippen LogP contribution in [-0.4, -0.2) is 33.0 Å². The molecule has 1 unspecified atom stereocenters. The van der Waals surface area contributed by atoms with E-state index in [1.54, 1.807) is 0 Å². The molecule has 0 radical (unpaired) electrons. The van der Waals surface area contributed by atoms with Crippen LogP contribution in [0.1, 0.15) is 6.42 Å². The number of hydrogen-bond donors (Lipinski definition) is 1. The van der Waals surface area contributed by atoms with E-state index in [1.807, 2.05) is 12.1 Å². The SMILES string of the molecule is Brc1cccc(NCCOCC2CCOC2)c1. The highest BCUT2D eigenvalue weighted by Gasteiger charge is 2.14. The van der Waals surface area contributed by atoms with Crippen LogP contribution in [-0.2, 0) is 9.47 Å². The molecule has 4 heteroatoms. The summed E-state index contributed by atoms with van der Waals surface area (Å²) in [6, 6.07) is 8.14. The van der Waals surface area contributed by atoms with Gasteiger partial charge in [0.05, 0.1) is 19.8 Å². The van der Waals surface area contributed by atoms with Crippen LogP contribution >= 0.6 is 15.9 Å². The van der Waals surface area contributed by atoms with Gasteiger partial charge >= 0.3 is 0 Å². The molecule has 1 heterocycles. The first-order valence-electron chi connectivity index (χ1n) is 5.99. The first-order chi connectivity index (χ1) is 8.34. The molecule has 0 aromatic heterocycles. The van der Waals surface area contributed by atoms with Crippen molar-refractivity contribution in [1.29, 1.82) is 0 Å². The van der Waals surface area contributed by atoms with Crippen LogP contribution in [0.4, 0.5) is 5.69 Å². The number of rotatable bonds is 6. The zero-order valence-electron chi connectivity index (χ0n) is 9.82. The number of benzene rings is 1. The standard InChI is InChI=1S/C13H18BrNO2/c14-12-2-1-3-13(8-12)15-5-7-17-10-11-4-6-16-9-11/h1-3,8,11,15H,4-7,9-10H2. The third kappa shape index (κ3) is 4.66. The molecule has 1 saturated heterocycles. The van der Waals surface area contributed by atoms with E-state index in [9.17, 15) is 0 Å². The van der Waals surface area contributed by atoms with Crippen molar-refractivity contribution in [3.63, 3.8) is 0 Å². The van der Waals surface area contributed by atoms with Gasteiger partial charge in [0.25, 0.3) is 0 Å². The smallest absolute Gasteiger partial charge is 0.0639 e.